The molecule has 0 aliphatic heterocycles. The fraction of sp³-hybridized carbons (Fsp3) is 0.227. The molecule has 1 N–H and O–H groups in total. The largest absolute Gasteiger partial charge is 0.494 e. The lowest BCUT2D eigenvalue weighted by Crippen LogP contribution is -2.28. The van der Waals surface area contributed by atoms with Gasteiger partial charge in [0.1, 0.15) is 11.3 Å². The van der Waals surface area contributed by atoms with Gasteiger partial charge in [0.25, 0.3) is 5.56 Å². The quantitative estimate of drug-likeness (QED) is 0.526. The van der Waals surface area contributed by atoms with E-state index in [1.54, 1.807) is 16.8 Å². The molecule has 0 unspecified atom stereocenters. The Bertz CT molecular complexity index is 1230. The first-order valence-electron chi connectivity index (χ1n) is 9.61. The van der Waals surface area contributed by atoms with Gasteiger partial charge in [-0.25, -0.2) is 4.98 Å². The van der Waals surface area contributed by atoms with Gasteiger partial charge in [0.15, 0.2) is 5.65 Å². The molecular weight excluding hydrogens is 368 g/mol. The van der Waals surface area contributed by atoms with Gasteiger partial charge in [-0.1, -0.05) is 18.2 Å². The predicted molar refractivity (Wildman–Crippen MR) is 111 cm³/mol. The Morgan fingerprint density at radius 2 is 1.93 bits per heavy atom. The predicted octanol–water partition coefficient (Wildman–Crippen LogP) is 2.75. The normalized spacial score (nSPS) is 11.1. The van der Waals surface area contributed by atoms with Crippen molar-refractivity contribution in [2.24, 2.45) is 0 Å². The number of aromatic nitrogens is 3. The summed E-state index contributed by atoms with van der Waals surface area (Å²) in [5, 5.41) is 2.91. The molecule has 29 heavy (non-hydrogen) atoms. The Labute approximate surface area is 167 Å². The van der Waals surface area contributed by atoms with E-state index in [2.05, 4.69) is 10.3 Å². The van der Waals surface area contributed by atoms with Gasteiger partial charge in [-0.2, -0.15) is 0 Å². The molecule has 7 heteroatoms. The van der Waals surface area contributed by atoms with Crippen molar-refractivity contribution in [3.8, 4) is 5.75 Å². The molecule has 1 aromatic carbocycles. The molecule has 1 amide bonds. The van der Waals surface area contributed by atoms with Crippen LogP contribution in [0.25, 0.3) is 16.7 Å². The maximum Gasteiger partial charge on any atom is 0.276 e. The lowest BCUT2D eigenvalue weighted by atomic mass is 10.2. The Morgan fingerprint density at radius 1 is 1.10 bits per heavy atom. The highest BCUT2D eigenvalue weighted by atomic mass is 16.5. The first-order valence-corrected chi connectivity index (χ1v) is 9.61. The monoisotopic (exact) mass is 390 g/mol. The Balaban J connectivity index is 1.50. The van der Waals surface area contributed by atoms with Crippen molar-refractivity contribution in [2.45, 2.75) is 26.4 Å². The number of nitrogens with zero attached hydrogens (tertiary/aromatic N) is 3. The second-order valence-electron chi connectivity index (χ2n) is 6.63. The van der Waals surface area contributed by atoms with Gasteiger partial charge in [-0.15, -0.1) is 0 Å². The highest BCUT2D eigenvalue weighted by Gasteiger charge is 2.13. The standard InChI is InChI=1S/C22H22N4O3/c1-2-29-19-10-4-3-7-16(19)15-24-20(27)11-14-26-21-17(8-5-12-23-21)25-13-6-9-18(25)22(26)28/h3-10,12-13H,2,11,14-15H2,1H3,(H,24,27). The molecule has 0 bridgehead atoms. The minimum atomic E-state index is -0.157. The molecule has 148 valence electrons. The summed E-state index contributed by atoms with van der Waals surface area (Å²) >= 11 is 0. The van der Waals surface area contributed by atoms with Crippen LogP contribution in [0.4, 0.5) is 0 Å². The van der Waals surface area contributed by atoms with Crippen LogP contribution in [0.2, 0.25) is 0 Å². The summed E-state index contributed by atoms with van der Waals surface area (Å²) < 4.78 is 8.98. The Hall–Kier alpha value is -3.61. The number of para-hydroxylation sites is 1. The number of pyridine rings is 1. The van der Waals surface area contributed by atoms with Gasteiger partial charge in [-0.3, -0.25) is 14.2 Å². The van der Waals surface area contributed by atoms with Gasteiger partial charge in [0.2, 0.25) is 5.91 Å². The molecule has 4 rings (SSSR count). The van der Waals surface area contributed by atoms with E-state index in [9.17, 15) is 9.59 Å². The molecule has 3 heterocycles. The van der Waals surface area contributed by atoms with Crippen LogP contribution >= 0.6 is 0 Å². The minimum Gasteiger partial charge on any atom is -0.494 e. The average molecular weight is 390 g/mol. The van der Waals surface area contributed by atoms with Crippen LogP contribution in [0, 0.1) is 0 Å². The molecule has 0 aliphatic rings. The van der Waals surface area contributed by atoms with Crippen molar-refractivity contribution >= 4 is 22.6 Å². The number of hydrogen-bond donors (Lipinski definition) is 1. The number of carbonyl (C=O) groups is 1. The van der Waals surface area contributed by atoms with E-state index in [0.29, 0.717) is 24.3 Å². The van der Waals surface area contributed by atoms with Crippen LogP contribution < -0.4 is 15.6 Å². The fourth-order valence-corrected chi connectivity index (χ4v) is 3.43. The molecule has 3 aromatic heterocycles. The van der Waals surface area contributed by atoms with Crippen LogP contribution in [0.3, 0.4) is 0 Å². The van der Waals surface area contributed by atoms with Crippen molar-refractivity contribution in [3.05, 3.63) is 76.8 Å². The molecule has 0 saturated heterocycles. The summed E-state index contributed by atoms with van der Waals surface area (Å²) in [6, 6.07) is 15.0. The van der Waals surface area contributed by atoms with E-state index < -0.39 is 0 Å². The zero-order chi connectivity index (χ0) is 20.2. The third kappa shape index (κ3) is 3.71. The van der Waals surface area contributed by atoms with Gasteiger partial charge in [-0.05, 0) is 37.3 Å². The number of fused-ring (bicyclic) bond motifs is 3. The molecule has 0 aliphatic carbocycles. The smallest absolute Gasteiger partial charge is 0.276 e. The van der Waals surface area contributed by atoms with Gasteiger partial charge in [0, 0.05) is 37.5 Å². The number of amides is 1. The number of benzene rings is 1. The number of nitrogens with one attached hydrogen (secondary N) is 1. The minimum absolute atomic E-state index is 0.137. The maximum atomic E-state index is 12.9. The van der Waals surface area contributed by atoms with E-state index in [-0.39, 0.29) is 24.4 Å². The van der Waals surface area contributed by atoms with E-state index >= 15 is 0 Å². The third-order valence-corrected chi connectivity index (χ3v) is 4.81. The number of rotatable bonds is 7. The summed E-state index contributed by atoms with van der Waals surface area (Å²) in [6.07, 6.45) is 3.67. The van der Waals surface area contributed by atoms with Crippen LogP contribution in [0.15, 0.2) is 65.7 Å². The van der Waals surface area contributed by atoms with E-state index in [0.717, 1.165) is 16.8 Å². The molecule has 4 aromatic rings. The number of carbonyl (C=O) groups excluding carboxylic acids is 1. The lowest BCUT2D eigenvalue weighted by Gasteiger charge is -2.13. The molecule has 0 radical (unpaired) electrons. The zero-order valence-corrected chi connectivity index (χ0v) is 16.2. The zero-order valence-electron chi connectivity index (χ0n) is 16.2. The molecule has 0 fully saturated rings. The summed E-state index contributed by atoms with van der Waals surface area (Å²) in [5.74, 6) is 0.628. The molecule has 0 atom stereocenters. The second kappa shape index (κ2) is 8.18. The van der Waals surface area contributed by atoms with Crippen LogP contribution in [-0.4, -0.2) is 26.5 Å². The van der Waals surface area contributed by atoms with Crippen LogP contribution in [-0.2, 0) is 17.9 Å². The number of hydrogen-bond acceptors (Lipinski definition) is 4. The first-order chi connectivity index (χ1) is 14.2. The molecular formula is C22H22N4O3. The molecule has 7 nitrogen and oxygen atoms in total. The Kier molecular flexibility index (Phi) is 5.29. The highest BCUT2D eigenvalue weighted by molar-refractivity contribution is 5.77. The number of ether oxygens (including phenoxy) is 1. The van der Waals surface area contributed by atoms with E-state index in [1.807, 2.05) is 60.0 Å². The highest BCUT2D eigenvalue weighted by Crippen LogP contribution is 2.17. The summed E-state index contributed by atoms with van der Waals surface area (Å²) in [4.78, 5) is 29.7. The summed E-state index contributed by atoms with van der Waals surface area (Å²) in [7, 11) is 0. The van der Waals surface area contributed by atoms with Crippen molar-refractivity contribution < 1.29 is 9.53 Å². The summed E-state index contributed by atoms with van der Waals surface area (Å²) in [6.45, 7) is 3.12. The van der Waals surface area contributed by atoms with Crippen molar-refractivity contribution in [1.29, 1.82) is 0 Å². The average Bonchev–Trinajstić information content (AvgIpc) is 3.24. The van der Waals surface area contributed by atoms with Gasteiger partial charge < -0.3 is 14.5 Å². The van der Waals surface area contributed by atoms with Crippen molar-refractivity contribution in [1.82, 2.24) is 19.3 Å². The SMILES string of the molecule is CCOc1ccccc1CNC(=O)CCn1c(=O)c2cccn2c2cccnc21. The maximum absolute atomic E-state index is 12.9. The molecule has 0 saturated carbocycles. The first kappa shape index (κ1) is 18.7. The fourth-order valence-electron chi connectivity index (χ4n) is 3.43. The summed E-state index contributed by atoms with van der Waals surface area (Å²) in [5.41, 5.74) is 2.72. The van der Waals surface area contributed by atoms with Gasteiger partial charge >= 0.3 is 0 Å². The topological polar surface area (TPSA) is 77.6 Å². The van der Waals surface area contributed by atoms with Gasteiger partial charge in [0.05, 0.1) is 12.1 Å². The van der Waals surface area contributed by atoms with Crippen molar-refractivity contribution in [2.75, 3.05) is 6.61 Å². The van der Waals surface area contributed by atoms with Crippen LogP contribution in [0.1, 0.15) is 18.9 Å². The van der Waals surface area contributed by atoms with Crippen LogP contribution in [0.5, 0.6) is 5.75 Å². The van der Waals surface area contributed by atoms with E-state index in [4.69, 9.17) is 4.74 Å². The number of aryl methyl sites for hydroxylation is 1. The molecule has 0 spiro atoms. The third-order valence-electron chi connectivity index (χ3n) is 4.81. The second-order valence-corrected chi connectivity index (χ2v) is 6.63. The lowest BCUT2D eigenvalue weighted by molar-refractivity contribution is -0.121. The Morgan fingerprint density at radius 3 is 2.79 bits per heavy atom. The van der Waals surface area contributed by atoms with Crippen molar-refractivity contribution in [3.63, 3.8) is 0 Å². The van der Waals surface area contributed by atoms with E-state index in [1.165, 1.54) is 0 Å².